The molecule has 6 rings (SSSR count). The molecular weight excluding hydrogens is 434 g/mol. The van der Waals surface area contributed by atoms with Gasteiger partial charge in [-0.05, 0) is 96.9 Å². The van der Waals surface area contributed by atoms with E-state index in [-0.39, 0.29) is 17.2 Å². The monoisotopic (exact) mass is 465 g/mol. The highest BCUT2D eigenvalue weighted by atomic mass is 16.2. The van der Waals surface area contributed by atoms with Gasteiger partial charge in [-0.1, -0.05) is 13.8 Å². The van der Waals surface area contributed by atoms with Crippen molar-refractivity contribution in [2.45, 2.75) is 58.4 Å². The maximum Gasteiger partial charge on any atom is 0.269 e. The Bertz CT molecular complexity index is 1030. The van der Waals surface area contributed by atoms with Crippen LogP contribution in [0.25, 0.3) is 5.69 Å². The number of hydrogen-bond donors (Lipinski definition) is 3. The third-order valence-electron chi connectivity index (χ3n) is 7.80. The molecule has 1 aromatic carbocycles. The minimum atomic E-state index is -0.719. The zero-order valence-electron chi connectivity index (χ0n) is 19.5. The Morgan fingerprint density at radius 1 is 0.971 bits per heavy atom. The van der Waals surface area contributed by atoms with Gasteiger partial charge in [-0.3, -0.25) is 25.2 Å². The number of benzene rings is 1. The molecule has 1 atom stereocenters. The molecule has 2 aromatic rings. The molecule has 3 N–H and O–H groups in total. The Hall–Kier alpha value is -3.30. The highest BCUT2D eigenvalue weighted by Gasteiger charge is 2.55. The van der Waals surface area contributed by atoms with Gasteiger partial charge in [0.1, 0.15) is 12.4 Å². The van der Waals surface area contributed by atoms with Gasteiger partial charge < -0.3 is 5.32 Å². The maximum absolute atomic E-state index is 13.4. The Morgan fingerprint density at radius 3 is 2.12 bits per heavy atom. The lowest BCUT2D eigenvalue weighted by atomic mass is 9.49. The molecule has 1 aromatic heterocycles. The van der Waals surface area contributed by atoms with Crippen molar-refractivity contribution < 1.29 is 14.4 Å². The zero-order valence-corrected chi connectivity index (χ0v) is 19.5. The molecule has 0 saturated heterocycles. The van der Waals surface area contributed by atoms with E-state index < -0.39 is 17.9 Å². The fraction of sp³-hybridized carbons (Fsp3) is 0.583. The van der Waals surface area contributed by atoms with Gasteiger partial charge in [-0.25, -0.2) is 4.68 Å². The third kappa shape index (κ3) is 4.28. The summed E-state index contributed by atoms with van der Waals surface area (Å²) < 4.78 is 1.48. The van der Waals surface area contributed by atoms with E-state index in [0.717, 1.165) is 19.3 Å². The summed E-state index contributed by atoms with van der Waals surface area (Å²) in [6, 6.07) is 5.93. The molecule has 0 radical (unpaired) electrons. The van der Waals surface area contributed by atoms with Crippen molar-refractivity contribution in [3.63, 3.8) is 0 Å². The first-order valence-electron chi connectivity index (χ1n) is 12.1. The highest BCUT2D eigenvalue weighted by molar-refractivity contribution is 5.97. The first-order chi connectivity index (χ1) is 16.3. The summed E-state index contributed by atoms with van der Waals surface area (Å²) in [5.41, 5.74) is 5.70. The number of carbonyl (C=O) groups excluding carboxylic acids is 3. The van der Waals surface area contributed by atoms with E-state index in [2.05, 4.69) is 31.7 Å². The van der Waals surface area contributed by atoms with Gasteiger partial charge in [-0.15, -0.1) is 5.10 Å². The lowest BCUT2D eigenvalue weighted by Crippen LogP contribution is -2.59. The standard InChI is InChI=1S/C24H31N7O3/c1-14(2)20(26-23(34)24-10-15-7-16(11-24)9-17(8-15)12-24)22(33)28-27-21(32)18-3-5-19(6-4-18)31-13-25-29-30-31/h3-6,13-17,20H,7-12H2,1-2H3,(H,26,34)(H,27,32)(H,28,33). The number of tetrazole rings is 1. The predicted octanol–water partition coefficient (Wildman–Crippen LogP) is 1.78. The van der Waals surface area contributed by atoms with Crippen molar-refractivity contribution >= 4 is 17.7 Å². The van der Waals surface area contributed by atoms with Gasteiger partial charge in [0, 0.05) is 11.0 Å². The van der Waals surface area contributed by atoms with E-state index in [0.29, 0.717) is 29.0 Å². The van der Waals surface area contributed by atoms with Crippen molar-refractivity contribution in [3.05, 3.63) is 36.2 Å². The quantitative estimate of drug-likeness (QED) is 0.558. The predicted molar refractivity (Wildman–Crippen MR) is 122 cm³/mol. The average Bonchev–Trinajstić information content (AvgIpc) is 3.34. The first-order valence-corrected chi connectivity index (χ1v) is 12.1. The summed E-state index contributed by atoms with van der Waals surface area (Å²) in [6.45, 7) is 3.79. The van der Waals surface area contributed by atoms with Crippen LogP contribution in [0.4, 0.5) is 0 Å². The first kappa shape index (κ1) is 22.5. The average molecular weight is 466 g/mol. The molecule has 1 unspecified atom stereocenters. The van der Waals surface area contributed by atoms with Crippen LogP contribution in [0, 0.1) is 29.1 Å². The van der Waals surface area contributed by atoms with E-state index >= 15 is 0 Å². The number of rotatable bonds is 6. The van der Waals surface area contributed by atoms with Gasteiger partial charge >= 0.3 is 0 Å². The Kier molecular flexibility index (Phi) is 5.83. The van der Waals surface area contributed by atoms with Gasteiger partial charge in [0.2, 0.25) is 5.91 Å². The number of carbonyl (C=O) groups is 3. The van der Waals surface area contributed by atoms with Crippen LogP contribution in [0.15, 0.2) is 30.6 Å². The van der Waals surface area contributed by atoms with E-state index in [4.69, 9.17) is 0 Å². The van der Waals surface area contributed by atoms with Crippen LogP contribution < -0.4 is 16.2 Å². The largest absolute Gasteiger partial charge is 0.344 e. The van der Waals surface area contributed by atoms with Crippen molar-refractivity contribution in [1.82, 2.24) is 36.4 Å². The topological polar surface area (TPSA) is 131 Å². The lowest BCUT2D eigenvalue weighted by molar-refractivity contribution is -0.149. The van der Waals surface area contributed by atoms with E-state index in [1.54, 1.807) is 24.3 Å². The number of nitrogens with one attached hydrogen (secondary N) is 3. The number of hydrazine groups is 1. The third-order valence-corrected chi connectivity index (χ3v) is 7.80. The number of aromatic nitrogens is 4. The molecule has 0 spiro atoms. The summed E-state index contributed by atoms with van der Waals surface area (Å²) in [4.78, 5) is 38.9. The molecule has 180 valence electrons. The van der Waals surface area contributed by atoms with E-state index in [1.165, 1.54) is 30.3 Å². The molecule has 4 aliphatic rings. The fourth-order valence-corrected chi connectivity index (χ4v) is 6.53. The van der Waals surface area contributed by atoms with Crippen LogP contribution in [-0.4, -0.2) is 44.0 Å². The van der Waals surface area contributed by atoms with Crippen LogP contribution in [-0.2, 0) is 9.59 Å². The van der Waals surface area contributed by atoms with Crippen molar-refractivity contribution in [3.8, 4) is 5.69 Å². The Balaban J connectivity index is 1.19. The second kappa shape index (κ2) is 8.81. The van der Waals surface area contributed by atoms with Crippen LogP contribution in [0.1, 0.15) is 62.7 Å². The van der Waals surface area contributed by atoms with Crippen LogP contribution in [0.2, 0.25) is 0 Å². The molecule has 3 amide bonds. The summed E-state index contributed by atoms with van der Waals surface area (Å²) in [5, 5.41) is 14.0. The SMILES string of the molecule is CC(C)C(NC(=O)C12CC3CC(CC(C3)C1)C2)C(=O)NNC(=O)c1ccc(-n2cnnn2)cc1. The molecule has 4 bridgehead atoms. The van der Waals surface area contributed by atoms with Crippen molar-refractivity contribution in [2.75, 3.05) is 0 Å². The van der Waals surface area contributed by atoms with E-state index in [9.17, 15) is 14.4 Å². The normalized spacial score (nSPS) is 27.9. The highest BCUT2D eigenvalue weighted by Crippen LogP contribution is 2.60. The Labute approximate surface area is 198 Å². The number of hydrogen-bond acceptors (Lipinski definition) is 6. The molecule has 1 heterocycles. The minimum Gasteiger partial charge on any atom is -0.344 e. The van der Waals surface area contributed by atoms with Crippen LogP contribution in [0.3, 0.4) is 0 Å². The lowest BCUT2D eigenvalue weighted by Gasteiger charge is -2.55. The van der Waals surface area contributed by atoms with Crippen molar-refractivity contribution in [1.29, 1.82) is 0 Å². The van der Waals surface area contributed by atoms with Gasteiger partial charge in [-0.2, -0.15) is 0 Å². The van der Waals surface area contributed by atoms with Crippen LogP contribution in [0.5, 0.6) is 0 Å². The second-order valence-electron chi connectivity index (χ2n) is 10.6. The number of nitrogens with zero attached hydrogens (tertiary/aromatic N) is 4. The molecule has 34 heavy (non-hydrogen) atoms. The molecule has 4 saturated carbocycles. The molecule has 0 aliphatic heterocycles. The van der Waals surface area contributed by atoms with Gasteiger partial charge in [0.25, 0.3) is 11.8 Å². The Morgan fingerprint density at radius 2 is 1.59 bits per heavy atom. The summed E-state index contributed by atoms with van der Waals surface area (Å²) in [7, 11) is 0. The molecule has 4 fully saturated rings. The van der Waals surface area contributed by atoms with Crippen LogP contribution >= 0.6 is 0 Å². The van der Waals surface area contributed by atoms with Gasteiger partial charge in [0.05, 0.1) is 5.69 Å². The second-order valence-corrected chi connectivity index (χ2v) is 10.6. The number of amides is 3. The molecule has 10 heteroatoms. The molecule has 4 aliphatic carbocycles. The van der Waals surface area contributed by atoms with E-state index in [1.807, 2.05) is 13.8 Å². The summed E-state index contributed by atoms with van der Waals surface area (Å²) in [5.74, 6) is 0.952. The smallest absolute Gasteiger partial charge is 0.269 e. The fourth-order valence-electron chi connectivity index (χ4n) is 6.53. The minimum absolute atomic E-state index is 0.00460. The van der Waals surface area contributed by atoms with Crippen molar-refractivity contribution in [2.24, 2.45) is 29.1 Å². The zero-order chi connectivity index (χ0) is 23.9. The summed E-state index contributed by atoms with van der Waals surface area (Å²) >= 11 is 0. The summed E-state index contributed by atoms with van der Waals surface area (Å²) in [6.07, 6.45) is 8.03. The molecule has 10 nitrogen and oxygen atoms in total. The maximum atomic E-state index is 13.4. The van der Waals surface area contributed by atoms with Gasteiger partial charge in [0.15, 0.2) is 0 Å². The molecular formula is C24H31N7O3.